The van der Waals surface area contributed by atoms with E-state index in [1.807, 2.05) is 13.8 Å². The molecule has 0 fully saturated rings. The molecule has 27 heavy (non-hydrogen) atoms. The monoisotopic (exact) mass is 386 g/mol. The van der Waals surface area contributed by atoms with Gasteiger partial charge >= 0.3 is 5.63 Å². The fourth-order valence-corrected chi connectivity index (χ4v) is 3.01. The number of benzene rings is 2. The van der Waals surface area contributed by atoms with Crippen molar-refractivity contribution < 1.29 is 18.7 Å². The van der Waals surface area contributed by atoms with Gasteiger partial charge in [-0.15, -0.1) is 0 Å². The molecule has 0 radical (unpaired) electrons. The number of fused-ring (bicyclic) bond motifs is 1. The van der Waals surface area contributed by atoms with Crippen LogP contribution in [0.1, 0.15) is 35.3 Å². The predicted molar refractivity (Wildman–Crippen MR) is 104 cm³/mol. The molecular weight excluding hydrogens is 368 g/mol. The molecule has 0 bridgehead atoms. The second-order valence-electron chi connectivity index (χ2n) is 6.13. The SMILES string of the molecule is CCOc1ccc(C(C)=O)cc1COc1cc2oc(=O)cc(C)c2cc1Cl. The normalized spacial score (nSPS) is 10.8. The zero-order chi connectivity index (χ0) is 19.6. The van der Waals surface area contributed by atoms with Crippen molar-refractivity contribution in [1.82, 2.24) is 0 Å². The number of ketones is 1. The van der Waals surface area contributed by atoms with Gasteiger partial charge in [0.1, 0.15) is 23.7 Å². The Hall–Kier alpha value is -2.79. The molecule has 0 aliphatic carbocycles. The van der Waals surface area contributed by atoms with Crippen molar-refractivity contribution in [3.63, 3.8) is 0 Å². The lowest BCUT2D eigenvalue weighted by molar-refractivity contribution is 0.101. The van der Waals surface area contributed by atoms with Gasteiger partial charge in [-0.05, 0) is 50.6 Å². The summed E-state index contributed by atoms with van der Waals surface area (Å²) < 4.78 is 16.7. The van der Waals surface area contributed by atoms with Gasteiger partial charge in [-0.1, -0.05) is 11.6 Å². The molecule has 5 nitrogen and oxygen atoms in total. The van der Waals surface area contributed by atoms with E-state index in [0.29, 0.717) is 34.3 Å². The minimum absolute atomic E-state index is 0.0414. The molecule has 140 valence electrons. The van der Waals surface area contributed by atoms with Gasteiger partial charge in [0.05, 0.1) is 11.6 Å². The number of carbonyl (C=O) groups is 1. The van der Waals surface area contributed by atoms with Gasteiger partial charge < -0.3 is 13.9 Å². The van der Waals surface area contributed by atoms with Crippen molar-refractivity contribution in [1.29, 1.82) is 0 Å². The summed E-state index contributed by atoms with van der Waals surface area (Å²) in [5.41, 5.74) is 2.06. The Morgan fingerprint density at radius 1 is 1.11 bits per heavy atom. The summed E-state index contributed by atoms with van der Waals surface area (Å²) in [5, 5.41) is 1.15. The third-order valence-electron chi connectivity index (χ3n) is 4.15. The van der Waals surface area contributed by atoms with E-state index in [0.717, 1.165) is 16.5 Å². The first-order valence-corrected chi connectivity index (χ1v) is 8.90. The minimum Gasteiger partial charge on any atom is -0.493 e. The molecule has 0 amide bonds. The summed E-state index contributed by atoms with van der Waals surface area (Å²) in [6.07, 6.45) is 0. The van der Waals surface area contributed by atoms with Crippen molar-refractivity contribution in [2.24, 2.45) is 0 Å². The molecule has 0 aliphatic rings. The number of Topliss-reactive ketones (excluding diaryl/α,β-unsaturated/α-hetero) is 1. The fourth-order valence-electron chi connectivity index (χ4n) is 2.79. The largest absolute Gasteiger partial charge is 0.493 e. The second-order valence-corrected chi connectivity index (χ2v) is 6.53. The van der Waals surface area contributed by atoms with Crippen LogP contribution < -0.4 is 15.1 Å². The van der Waals surface area contributed by atoms with Crippen LogP contribution in [-0.2, 0) is 6.61 Å². The fraction of sp³-hybridized carbons (Fsp3) is 0.238. The van der Waals surface area contributed by atoms with E-state index < -0.39 is 5.63 Å². The first kappa shape index (κ1) is 19.0. The van der Waals surface area contributed by atoms with E-state index in [1.54, 1.807) is 30.3 Å². The Morgan fingerprint density at radius 3 is 2.59 bits per heavy atom. The molecule has 0 aliphatic heterocycles. The average Bonchev–Trinajstić information content (AvgIpc) is 2.61. The number of rotatable bonds is 6. The Bertz CT molecular complexity index is 1070. The van der Waals surface area contributed by atoms with Crippen molar-refractivity contribution in [2.45, 2.75) is 27.4 Å². The van der Waals surface area contributed by atoms with Crippen LogP contribution in [0, 0.1) is 6.92 Å². The van der Waals surface area contributed by atoms with Crippen LogP contribution in [0.25, 0.3) is 11.0 Å². The smallest absolute Gasteiger partial charge is 0.336 e. The van der Waals surface area contributed by atoms with E-state index in [2.05, 4.69) is 0 Å². The lowest BCUT2D eigenvalue weighted by Crippen LogP contribution is -2.04. The van der Waals surface area contributed by atoms with Crippen LogP contribution >= 0.6 is 11.6 Å². The zero-order valence-electron chi connectivity index (χ0n) is 15.3. The van der Waals surface area contributed by atoms with Crippen LogP contribution in [0.15, 0.2) is 45.6 Å². The second kappa shape index (κ2) is 7.84. The first-order valence-electron chi connectivity index (χ1n) is 8.52. The summed E-state index contributed by atoms with van der Waals surface area (Å²) in [4.78, 5) is 23.3. The van der Waals surface area contributed by atoms with E-state index in [-0.39, 0.29) is 12.4 Å². The Balaban J connectivity index is 1.94. The molecule has 3 aromatic rings. The van der Waals surface area contributed by atoms with Crippen LogP contribution in [0.4, 0.5) is 0 Å². The molecule has 0 atom stereocenters. The highest BCUT2D eigenvalue weighted by atomic mass is 35.5. The maximum Gasteiger partial charge on any atom is 0.336 e. The minimum atomic E-state index is -0.430. The molecule has 3 rings (SSSR count). The van der Waals surface area contributed by atoms with Crippen LogP contribution in [-0.4, -0.2) is 12.4 Å². The highest BCUT2D eigenvalue weighted by Crippen LogP contribution is 2.32. The van der Waals surface area contributed by atoms with Crippen LogP contribution in [0.3, 0.4) is 0 Å². The summed E-state index contributed by atoms with van der Waals surface area (Å²) in [6, 6.07) is 9.94. The van der Waals surface area contributed by atoms with Gasteiger partial charge in [-0.25, -0.2) is 4.79 Å². The predicted octanol–water partition coefficient (Wildman–Crippen LogP) is 4.94. The number of ether oxygens (including phenoxy) is 2. The summed E-state index contributed by atoms with van der Waals surface area (Å²) in [5.74, 6) is 0.982. The molecular formula is C21H19ClO5. The maximum absolute atomic E-state index is 11.7. The number of halogens is 1. The van der Waals surface area contributed by atoms with E-state index >= 15 is 0 Å². The molecule has 0 spiro atoms. The van der Waals surface area contributed by atoms with Gasteiger partial charge in [0.25, 0.3) is 0 Å². The molecule has 1 heterocycles. The summed E-state index contributed by atoms with van der Waals surface area (Å²) in [7, 11) is 0. The standard InChI is InChI=1S/C21H19ClO5/c1-4-25-18-6-5-14(13(3)23)8-15(18)11-26-20-10-19-16(9-17(20)22)12(2)7-21(24)27-19/h5-10H,4,11H2,1-3H3. The number of hydrogen-bond acceptors (Lipinski definition) is 5. The lowest BCUT2D eigenvalue weighted by atomic mass is 10.1. The maximum atomic E-state index is 11.7. The van der Waals surface area contributed by atoms with Crippen LogP contribution in [0.5, 0.6) is 11.5 Å². The third-order valence-corrected chi connectivity index (χ3v) is 4.45. The molecule has 1 aromatic heterocycles. The number of carbonyl (C=O) groups excluding carboxylic acids is 1. The van der Waals surface area contributed by atoms with Gasteiger partial charge in [-0.2, -0.15) is 0 Å². The highest BCUT2D eigenvalue weighted by molar-refractivity contribution is 6.32. The Labute approximate surface area is 161 Å². The van der Waals surface area contributed by atoms with Gasteiger partial charge in [-0.3, -0.25) is 4.79 Å². The molecule has 2 aromatic carbocycles. The topological polar surface area (TPSA) is 65.7 Å². The van der Waals surface area contributed by atoms with E-state index in [1.165, 1.54) is 13.0 Å². The summed E-state index contributed by atoms with van der Waals surface area (Å²) >= 11 is 6.33. The van der Waals surface area contributed by atoms with Crippen molar-refractivity contribution in [3.05, 3.63) is 68.5 Å². The van der Waals surface area contributed by atoms with E-state index in [9.17, 15) is 9.59 Å². The Morgan fingerprint density at radius 2 is 1.89 bits per heavy atom. The summed E-state index contributed by atoms with van der Waals surface area (Å²) in [6.45, 7) is 5.85. The highest BCUT2D eigenvalue weighted by Gasteiger charge is 2.12. The molecule has 0 saturated heterocycles. The quantitative estimate of drug-likeness (QED) is 0.443. The first-order chi connectivity index (χ1) is 12.9. The Kier molecular flexibility index (Phi) is 5.51. The molecule has 0 unspecified atom stereocenters. The molecule has 0 saturated carbocycles. The van der Waals surface area contributed by atoms with Crippen molar-refractivity contribution in [2.75, 3.05) is 6.61 Å². The molecule has 6 heteroatoms. The zero-order valence-corrected chi connectivity index (χ0v) is 16.1. The number of hydrogen-bond donors (Lipinski definition) is 0. The third kappa shape index (κ3) is 4.14. The van der Waals surface area contributed by atoms with Crippen molar-refractivity contribution in [3.8, 4) is 11.5 Å². The van der Waals surface area contributed by atoms with Crippen molar-refractivity contribution >= 4 is 28.4 Å². The van der Waals surface area contributed by atoms with E-state index in [4.69, 9.17) is 25.5 Å². The molecule has 0 N–H and O–H groups in total. The van der Waals surface area contributed by atoms with Gasteiger partial charge in [0, 0.05) is 28.6 Å². The van der Waals surface area contributed by atoms with Gasteiger partial charge in [0.15, 0.2) is 5.78 Å². The lowest BCUT2D eigenvalue weighted by Gasteiger charge is -2.14. The number of aryl methyl sites for hydroxylation is 1. The van der Waals surface area contributed by atoms with Gasteiger partial charge in [0.2, 0.25) is 0 Å². The van der Waals surface area contributed by atoms with Crippen LogP contribution in [0.2, 0.25) is 5.02 Å². The average molecular weight is 387 g/mol.